The van der Waals surface area contributed by atoms with Gasteiger partial charge in [0.25, 0.3) is 0 Å². The first-order valence-corrected chi connectivity index (χ1v) is 5.21. The van der Waals surface area contributed by atoms with E-state index in [9.17, 15) is 17.6 Å². The topological polar surface area (TPSA) is 22.1 Å². The monoisotopic (exact) mass is 271 g/mol. The second-order valence-electron chi connectivity index (χ2n) is 3.44. The van der Waals surface area contributed by atoms with Gasteiger partial charge in [0.15, 0.2) is 6.61 Å². The highest BCUT2D eigenvalue weighted by atomic mass is 35.5. The van der Waals surface area contributed by atoms with Crippen LogP contribution in [0.1, 0.15) is 11.3 Å². The van der Waals surface area contributed by atoms with Crippen molar-refractivity contribution in [3.8, 4) is 5.88 Å². The van der Waals surface area contributed by atoms with E-state index < -0.39 is 19.0 Å². The first-order chi connectivity index (χ1) is 7.85. The smallest absolute Gasteiger partial charge is 0.340 e. The minimum atomic E-state index is -4.19. The molecule has 0 spiro atoms. The molecule has 7 heteroatoms. The summed E-state index contributed by atoms with van der Waals surface area (Å²) in [4.78, 5) is 3.79. The second kappa shape index (κ2) is 5.53. The third-order valence-electron chi connectivity index (χ3n) is 1.88. The lowest BCUT2D eigenvalue weighted by atomic mass is 10.2. The molecule has 0 unspecified atom stereocenters. The molecule has 0 radical (unpaired) electrons. The number of rotatable bonds is 5. The van der Waals surface area contributed by atoms with Crippen molar-refractivity contribution >= 4 is 11.6 Å². The van der Waals surface area contributed by atoms with Gasteiger partial charge in [-0.2, -0.15) is 8.78 Å². The molecule has 0 aliphatic rings. The lowest BCUT2D eigenvalue weighted by Gasteiger charge is -2.15. The Bertz CT molecular complexity index is 387. The zero-order valence-electron chi connectivity index (χ0n) is 8.89. The van der Waals surface area contributed by atoms with E-state index in [0.29, 0.717) is 11.3 Å². The summed E-state index contributed by atoms with van der Waals surface area (Å²) in [6.07, 6.45) is -3.76. The summed E-state index contributed by atoms with van der Waals surface area (Å²) in [5.74, 6) is -4.17. The van der Waals surface area contributed by atoms with Gasteiger partial charge in [-0.05, 0) is 18.6 Å². The van der Waals surface area contributed by atoms with E-state index in [-0.39, 0.29) is 11.8 Å². The van der Waals surface area contributed by atoms with E-state index in [4.69, 9.17) is 11.6 Å². The van der Waals surface area contributed by atoms with Crippen molar-refractivity contribution in [1.29, 1.82) is 0 Å². The number of halogens is 5. The summed E-state index contributed by atoms with van der Waals surface area (Å²) in [5.41, 5.74) is 1.13. The predicted octanol–water partition coefficient (Wildman–Crippen LogP) is 3.41. The van der Waals surface area contributed by atoms with Gasteiger partial charge >= 0.3 is 12.3 Å². The molecule has 96 valence electrons. The third-order valence-corrected chi connectivity index (χ3v) is 2.18. The number of nitrogens with zero attached hydrogens (tertiary/aromatic N) is 1. The molecular weight excluding hydrogens is 262 g/mol. The van der Waals surface area contributed by atoms with Crippen LogP contribution in [0.25, 0.3) is 0 Å². The summed E-state index contributed by atoms with van der Waals surface area (Å²) in [6, 6.07) is 2.98. The Balaban J connectivity index is 2.72. The molecule has 1 aromatic heterocycles. The van der Waals surface area contributed by atoms with Gasteiger partial charge in [0.2, 0.25) is 5.88 Å². The van der Waals surface area contributed by atoms with Gasteiger partial charge in [-0.1, -0.05) is 0 Å². The first-order valence-electron chi connectivity index (χ1n) is 4.67. The third kappa shape index (κ3) is 4.03. The van der Waals surface area contributed by atoms with Gasteiger partial charge < -0.3 is 4.74 Å². The van der Waals surface area contributed by atoms with Crippen LogP contribution in [0.2, 0.25) is 0 Å². The lowest BCUT2D eigenvalue weighted by molar-refractivity contribution is -0.148. The molecule has 17 heavy (non-hydrogen) atoms. The highest BCUT2D eigenvalue weighted by Gasteiger charge is 2.41. The Hall–Kier alpha value is -1.04. The van der Waals surface area contributed by atoms with Crippen LogP contribution < -0.4 is 4.74 Å². The summed E-state index contributed by atoms with van der Waals surface area (Å²) in [6.45, 7) is 0.205. The molecule has 1 aromatic rings. The van der Waals surface area contributed by atoms with Gasteiger partial charge in [0.1, 0.15) is 0 Å². The van der Waals surface area contributed by atoms with E-state index in [1.54, 1.807) is 13.0 Å². The van der Waals surface area contributed by atoms with Gasteiger partial charge in [-0.25, -0.2) is 13.8 Å². The predicted molar refractivity (Wildman–Crippen MR) is 55.0 cm³/mol. The standard InChI is InChI=1S/C10H10ClF4NO/c1-6-2-7(4-11)3-8(16-6)17-5-10(14,15)9(12)13/h2-3,9H,4-5H2,1H3. The number of pyridine rings is 1. The maximum absolute atomic E-state index is 12.6. The number of hydrogen-bond acceptors (Lipinski definition) is 2. The number of alkyl halides is 5. The minimum Gasteiger partial charge on any atom is -0.471 e. The molecular formula is C10H10ClF4NO. The molecule has 0 atom stereocenters. The van der Waals surface area contributed by atoms with Gasteiger partial charge in [0, 0.05) is 17.6 Å². The molecule has 0 amide bonds. The summed E-state index contributed by atoms with van der Waals surface area (Å²) < 4.78 is 53.5. The fourth-order valence-electron chi connectivity index (χ4n) is 1.09. The van der Waals surface area contributed by atoms with Gasteiger partial charge in [-0.15, -0.1) is 11.6 Å². The van der Waals surface area contributed by atoms with Crippen LogP contribution in [0.4, 0.5) is 17.6 Å². The minimum absolute atomic E-state index is 0.138. The fourth-order valence-corrected chi connectivity index (χ4v) is 1.25. The molecule has 0 aliphatic carbocycles. The number of aryl methyl sites for hydroxylation is 1. The number of hydrogen-bond donors (Lipinski definition) is 0. The normalized spacial score (nSPS) is 11.9. The molecule has 0 saturated carbocycles. The van der Waals surface area contributed by atoms with Crippen LogP contribution in [0.5, 0.6) is 5.88 Å². The van der Waals surface area contributed by atoms with E-state index in [1.807, 2.05) is 0 Å². The highest BCUT2D eigenvalue weighted by Crippen LogP contribution is 2.24. The maximum Gasteiger partial charge on any atom is 0.340 e. The van der Waals surface area contributed by atoms with E-state index in [0.717, 1.165) is 0 Å². The van der Waals surface area contributed by atoms with Crippen LogP contribution in [0, 0.1) is 6.92 Å². The lowest BCUT2D eigenvalue weighted by Crippen LogP contribution is -2.33. The Labute approximate surface area is 101 Å². The molecule has 0 bridgehead atoms. The Morgan fingerprint density at radius 3 is 2.59 bits per heavy atom. The Kier molecular flexibility index (Phi) is 4.56. The number of aromatic nitrogens is 1. The molecule has 0 saturated heterocycles. The quantitative estimate of drug-likeness (QED) is 0.605. The zero-order chi connectivity index (χ0) is 13.1. The molecule has 2 nitrogen and oxygen atoms in total. The molecule has 0 fully saturated rings. The van der Waals surface area contributed by atoms with Crippen molar-refractivity contribution < 1.29 is 22.3 Å². The van der Waals surface area contributed by atoms with E-state index in [2.05, 4.69) is 9.72 Å². The highest BCUT2D eigenvalue weighted by molar-refractivity contribution is 6.17. The van der Waals surface area contributed by atoms with Crippen molar-refractivity contribution in [2.45, 2.75) is 25.2 Å². The van der Waals surface area contributed by atoms with Gasteiger partial charge in [0.05, 0.1) is 0 Å². The van der Waals surface area contributed by atoms with Gasteiger partial charge in [-0.3, -0.25) is 0 Å². The fraction of sp³-hybridized carbons (Fsp3) is 0.500. The molecule has 0 aliphatic heterocycles. The molecule has 0 N–H and O–H groups in total. The summed E-state index contributed by atoms with van der Waals surface area (Å²) >= 11 is 5.56. The van der Waals surface area contributed by atoms with E-state index in [1.165, 1.54) is 6.07 Å². The zero-order valence-corrected chi connectivity index (χ0v) is 9.65. The Morgan fingerprint density at radius 2 is 2.06 bits per heavy atom. The van der Waals surface area contributed by atoms with Crippen LogP contribution in [0.3, 0.4) is 0 Å². The maximum atomic E-state index is 12.6. The Morgan fingerprint density at radius 1 is 1.41 bits per heavy atom. The molecule has 1 heterocycles. The number of ether oxygens (including phenoxy) is 1. The first kappa shape index (κ1) is 14.0. The van der Waals surface area contributed by atoms with Crippen molar-refractivity contribution in [2.24, 2.45) is 0 Å². The average Bonchev–Trinajstić information content (AvgIpc) is 2.25. The molecule has 0 aromatic carbocycles. The van der Waals surface area contributed by atoms with Crippen molar-refractivity contribution in [3.05, 3.63) is 23.4 Å². The summed E-state index contributed by atoms with van der Waals surface area (Å²) in [5, 5.41) is 0. The largest absolute Gasteiger partial charge is 0.471 e. The van der Waals surface area contributed by atoms with Crippen molar-refractivity contribution in [3.63, 3.8) is 0 Å². The van der Waals surface area contributed by atoms with Crippen molar-refractivity contribution in [2.75, 3.05) is 6.61 Å². The van der Waals surface area contributed by atoms with Crippen LogP contribution >= 0.6 is 11.6 Å². The second-order valence-corrected chi connectivity index (χ2v) is 3.71. The average molecular weight is 272 g/mol. The van der Waals surface area contributed by atoms with Crippen LogP contribution in [-0.4, -0.2) is 23.9 Å². The van der Waals surface area contributed by atoms with E-state index >= 15 is 0 Å². The SMILES string of the molecule is Cc1cc(CCl)cc(OCC(F)(F)C(F)F)n1. The van der Waals surface area contributed by atoms with Crippen LogP contribution in [0.15, 0.2) is 12.1 Å². The van der Waals surface area contributed by atoms with Crippen molar-refractivity contribution in [1.82, 2.24) is 4.98 Å². The van der Waals surface area contributed by atoms with Crippen LogP contribution in [-0.2, 0) is 5.88 Å². The molecule has 1 rings (SSSR count). The summed E-state index contributed by atoms with van der Waals surface area (Å²) in [7, 11) is 0.